The molecule has 0 spiro atoms. The smallest absolute Gasteiger partial charge is 0.164 e. The Kier molecular flexibility index (Phi) is 13.9. The van der Waals surface area contributed by atoms with E-state index in [0.717, 1.165) is 5.56 Å². The number of hydrogen-bond donors (Lipinski definition) is 6. The molecular weight excluding hydrogens is 552 g/mol. The van der Waals surface area contributed by atoms with Gasteiger partial charge in [-0.05, 0) is 43.2 Å². The highest BCUT2D eigenvalue weighted by molar-refractivity contribution is 5.53. The van der Waals surface area contributed by atoms with Crippen molar-refractivity contribution in [2.24, 2.45) is 11.8 Å². The lowest BCUT2D eigenvalue weighted by molar-refractivity contribution is -0.149. The van der Waals surface area contributed by atoms with Crippen molar-refractivity contribution in [2.45, 2.75) is 56.7 Å². The molecule has 12 nitrogen and oxygen atoms in total. The largest absolute Gasteiger partial charge is 0.497 e. The third kappa shape index (κ3) is 8.52. The van der Waals surface area contributed by atoms with Crippen LogP contribution in [0, 0.1) is 11.8 Å². The summed E-state index contributed by atoms with van der Waals surface area (Å²) in [5.74, 6) is 2.10. The molecule has 0 heterocycles. The van der Waals surface area contributed by atoms with Gasteiger partial charge in [0.2, 0.25) is 0 Å². The Morgan fingerprint density at radius 1 is 0.571 bits per heavy atom. The lowest BCUT2D eigenvalue weighted by Crippen LogP contribution is -2.52. The topological polar surface area (TPSA) is 177 Å². The van der Waals surface area contributed by atoms with Gasteiger partial charge in [0.1, 0.15) is 35.9 Å². The molecule has 0 saturated heterocycles. The average Bonchev–Trinajstić information content (AvgIpc) is 3.01. The van der Waals surface area contributed by atoms with E-state index in [1.807, 2.05) is 13.0 Å². The average molecular weight is 599 g/mol. The minimum absolute atomic E-state index is 0.119. The first-order valence-electron chi connectivity index (χ1n) is 13.6. The summed E-state index contributed by atoms with van der Waals surface area (Å²) >= 11 is 0. The number of rotatable bonds is 18. The van der Waals surface area contributed by atoms with Crippen LogP contribution >= 0.6 is 0 Å². The summed E-state index contributed by atoms with van der Waals surface area (Å²) in [6.45, 7) is 1.12. The van der Waals surface area contributed by atoms with Crippen LogP contribution in [0.3, 0.4) is 0 Å². The summed E-state index contributed by atoms with van der Waals surface area (Å²) in [4.78, 5) is 0. The summed E-state index contributed by atoms with van der Waals surface area (Å²) < 4.78 is 33.0. The third-order valence-electron chi connectivity index (χ3n) is 7.40. The molecule has 12 heteroatoms. The zero-order chi connectivity index (χ0) is 31.6. The fourth-order valence-electron chi connectivity index (χ4n) is 5.19. The number of benzene rings is 2. The SMILES string of the molecule is COc1cc(CC(C)CC(Cc2cc(OC)cc(OC)c2OC)C(O)[C@@H](O)[C@@H](O)[C@H](O)[C@@H](O)CO)c(OC)c(OC)c1. The van der Waals surface area contributed by atoms with Gasteiger partial charge < -0.3 is 59.1 Å². The van der Waals surface area contributed by atoms with E-state index in [1.165, 1.54) is 35.5 Å². The van der Waals surface area contributed by atoms with Crippen molar-refractivity contribution in [3.05, 3.63) is 35.4 Å². The maximum atomic E-state index is 11.4. The molecule has 0 fully saturated rings. The minimum Gasteiger partial charge on any atom is -0.497 e. The molecule has 6 N–H and O–H groups in total. The van der Waals surface area contributed by atoms with Crippen molar-refractivity contribution in [3.63, 3.8) is 0 Å². The van der Waals surface area contributed by atoms with E-state index in [4.69, 9.17) is 28.4 Å². The van der Waals surface area contributed by atoms with Gasteiger partial charge in [-0.25, -0.2) is 0 Å². The van der Waals surface area contributed by atoms with E-state index in [9.17, 15) is 30.6 Å². The maximum Gasteiger partial charge on any atom is 0.164 e. The zero-order valence-electron chi connectivity index (χ0n) is 25.3. The predicted octanol–water partition coefficient (Wildman–Crippen LogP) is 0.963. The first-order chi connectivity index (χ1) is 20.0. The molecule has 2 aromatic carbocycles. The molecule has 0 aliphatic carbocycles. The number of methoxy groups -OCH3 is 6. The highest BCUT2D eigenvalue weighted by Gasteiger charge is 2.38. The molecule has 0 aliphatic rings. The molecule has 0 aliphatic heterocycles. The second-order valence-corrected chi connectivity index (χ2v) is 10.3. The normalized spacial score (nSPS) is 16.4. The lowest BCUT2D eigenvalue weighted by atomic mass is 9.80. The van der Waals surface area contributed by atoms with Crippen molar-refractivity contribution < 1.29 is 59.1 Å². The highest BCUT2D eigenvalue weighted by Crippen LogP contribution is 2.40. The van der Waals surface area contributed by atoms with Crippen molar-refractivity contribution in [1.82, 2.24) is 0 Å². The predicted molar refractivity (Wildman–Crippen MR) is 154 cm³/mol. The molecule has 7 atom stereocenters. The second-order valence-electron chi connectivity index (χ2n) is 10.3. The zero-order valence-corrected chi connectivity index (χ0v) is 25.3. The molecule has 0 aromatic heterocycles. The summed E-state index contributed by atoms with van der Waals surface area (Å²) in [6, 6.07) is 6.94. The van der Waals surface area contributed by atoms with Gasteiger partial charge in [-0.2, -0.15) is 0 Å². The van der Waals surface area contributed by atoms with E-state index in [-0.39, 0.29) is 12.3 Å². The monoisotopic (exact) mass is 598 g/mol. The Labute approximate surface area is 247 Å². The molecule has 2 aromatic rings. The minimum atomic E-state index is -1.94. The van der Waals surface area contributed by atoms with Gasteiger partial charge in [0.05, 0.1) is 55.4 Å². The molecule has 0 saturated carbocycles. The number of ether oxygens (including phenoxy) is 6. The van der Waals surface area contributed by atoms with Gasteiger partial charge in [0.25, 0.3) is 0 Å². The van der Waals surface area contributed by atoms with Gasteiger partial charge in [0, 0.05) is 23.3 Å². The Balaban J connectivity index is 2.49. The highest BCUT2D eigenvalue weighted by atomic mass is 16.5. The Morgan fingerprint density at radius 3 is 1.43 bits per heavy atom. The number of aliphatic hydroxyl groups is 6. The number of hydrogen-bond acceptors (Lipinski definition) is 12. The molecule has 42 heavy (non-hydrogen) atoms. The third-order valence-corrected chi connectivity index (χ3v) is 7.40. The standard InChI is InChI=1S/C30H46O12/c1-16(9-18-11-20(37-2)13-23(39-4)29(18)41-6)8-17(25(33)27(35)28(36)26(34)22(32)15-31)10-19-12-21(38-3)14-24(40-5)30(19)42-7/h11-14,16-17,22,25-28,31-36H,8-10,15H2,1-7H3/t16?,17?,22-,25?,26+,27+,28-/m0/s1. The number of aliphatic hydroxyl groups excluding tert-OH is 6. The first-order valence-corrected chi connectivity index (χ1v) is 13.6. The quantitative estimate of drug-likeness (QED) is 0.144. The summed E-state index contributed by atoms with van der Waals surface area (Å²) in [5.41, 5.74) is 1.42. The fraction of sp³-hybridized carbons (Fsp3) is 0.600. The van der Waals surface area contributed by atoms with Crippen LogP contribution in [0.4, 0.5) is 0 Å². The molecule has 2 rings (SSSR count). The van der Waals surface area contributed by atoms with Crippen LogP contribution in [0.1, 0.15) is 24.5 Å². The fourth-order valence-corrected chi connectivity index (χ4v) is 5.19. The first kappa shape index (κ1) is 35.2. The van der Waals surface area contributed by atoms with Gasteiger partial charge >= 0.3 is 0 Å². The molecule has 0 radical (unpaired) electrons. The van der Waals surface area contributed by atoms with Crippen LogP contribution < -0.4 is 28.4 Å². The van der Waals surface area contributed by atoms with E-state index in [2.05, 4.69) is 0 Å². The Hall–Kier alpha value is -3.00. The van der Waals surface area contributed by atoms with Crippen LogP contribution in [-0.4, -0.2) is 110 Å². The van der Waals surface area contributed by atoms with Gasteiger partial charge in [0.15, 0.2) is 23.0 Å². The van der Waals surface area contributed by atoms with Crippen LogP contribution in [0.5, 0.6) is 34.5 Å². The molecule has 0 amide bonds. The summed E-state index contributed by atoms with van der Waals surface area (Å²) in [6.07, 6.45) is -8.00. The van der Waals surface area contributed by atoms with Crippen LogP contribution in [-0.2, 0) is 12.8 Å². The Morgan fingerprint density at radius 2 is 1.02 bits per heavy atom. The van der Waals surface area contributed by atoms with Crippen LogP contribution in [0.2, 0.25) is 0 Å². The summed E-state index contributed by atoms with van der Waals surface area (Å²) in [7, 11) is 9.09. The lowest BCUT2D eigenvalue weighted by Gasteiger charge is -2.34. The van der Waals surface area contributed by atoms with E-state index >= 15 is 0 Å². The molecule has 238 valence electrons. The van der Waals surface area contributed by atoms with Crippen LogP contribution in [0.15, 0.2) is 24.3 Å². The Bertz CT molecular complexity index is 1110. The maximum absolute atomic E-state index is 11.4. The van der Waals surface area contributed by atoms with Crippen molar-refractivity contribution in [3.8, 4) is 34.5 Å². The summed E-state index contributed by atoms with van der Waals surface area (Å²) in [5, 5.41) is 62.0. The van der Waals surface area contributed by atoms with Gasteiger partial charge in [-0.1, -0.05) is 6.92 Å². The van der Waals surface area contributed by atoms with E-state index in [1.54, 1.807) is 25.3 Å². The van der Waals surface area contributed by atoms with Crippen LogP contribution in [0.25, 0.3) is 0 Å². The van der Waals surface area contributed by atoms with Crippen molar-refractivity contribution in [1.29, 1.82) is 0 Å². The molecule has 3 unspecified atom stereocenters. The molecule has 0 bridgehead atoms. The van der Waals surface area contributed by atoms with Crippen molar-refractivity contribution in [2.75, 3.05) is 49.3 Å². The van der Waals surface area contributed by atoms with Gasteiger partial charge in [-0.15, -0.1) is 0 Å². The van der Waals surface area contributed by atoms with Gasteiger partial charge in [-0.3, -0.25) is 0 Å². The molecular formula is C30H46O12. The van der Waals surface area contributed by atoms with E-state index < -0.39 is 43.0 Å². The van der Waals surface area contributed by atoms with E-state index in [0.29, 0.717) is 52.9 Å². The van der Waals surface area contributed by atoms with Crippen molar-refractivity contribution >= 4 is 0 Å². The second kappa shape index (κ2) is 16.6.